The number of benzene rings is 1. The minimum absolute atomic E-state index is 0.0913. The maximum Gasteiger partial charge on any atom is 0.317 e. The molecule has 3 rings (SSSR count). The van der Waals surface area contributed by atoms with Gasteiger partial charge in [-0.05, 0) is 55.9 Å². The monoisotopic (exact) mass is 358 g/mol. The molecule has 2 aliphatic rings. The van der Waals surface area contributed by atoms with Crippen molar-refractivity contribution in [3.05, 3.63) is 42.5 Å². The molecule has 0 saturated heterocycles. The standard InChI is InChI=1S/C20H26N2O4/c1-2-9-26-18-7-5-15(6-8-18)20(25)21-16-10-17(11-16)22(13-19(23)24)12-14-3-4-14/h2,5-8,14,16-17H,1,3-4,9-13H2,(H,21,25)(H,23,24). The molecule has 0 heterocycles. The molecule has 0 radical (unpaired) electrons. The molecule has 6 nitrogen and oxygen atoms in total. The van der Waals surface area contributed by atoms with E-state index in [0.717, 1.165) is 19.4 Å². The lowest BCUT2D eigenvalue weighted by Crippen LogP contribution is -2.55. The van der Waals surface area contributed by atoms with Gasteiger partial charge in [-0.1, -0.05) is 12.7 Å². The third-order valence-electron chi connectivity index (χ3n) is 4.98. The molecule has 0 aliphatic heterocycles. The summed E-state index contributed by atoms with van der Waals surface area (Å²) in [6.45, 7) is 4.99. The van der Waals surface area contributed by atoms with E-state index in [1.165, 1.54) is 12.8 Å². The van der Waals surface area contributed by atoms with Crippen LogP contribution in [0, 0.1) is 5.92 Å². The van der Waals surface area contributed by atoms with E-state index >= 15 is 0 Å². The van der Waals surface area contributed by atoms with Gasteiger partial charge in [0.2, 0.25) is 0 Å². The first-order valence-corrected chi connectivity index (χ1v) is 9.15. The van der Waals surface area contributed by atoms with Gasteiger partial charge in [-0.25, -0.2) is 0 Å². The largest absolute Gasteiger partial charge is 0.490 e. The maximum atomic E-state index is 12.3. The van der Waals surface area contributed by atoms with Crippen LogP contribution in [0.3, 0.4) is 0 Å². The Kier molecular flexibility index (Phi) is 5.93. The van der Waals surface area contributed by atoms with E-state index in [4.69, 9.17) is 9.84 Å². The Morgan fingerprint density at radius 2 is 1.96 bits per heavy atom. The molecule has 0 atom stereocenters. The summed E-state index contributed by atoms with van der Waals surface area (Å²) in [5.41, 5.74) is 0.597. The maximum absolute atomic E-state index is 12.3. The van der Waals surface area contributed by atoms with E-state index in [1.54, 1.807) is 30.3 Å². The quantitative estimate of drug-likeness (QED) is 0.628. The van der Waals surface area contributed by atoms with Gasteiger partial charge in [-0.15, -0.1) is 0 Å². The molecule has 6 heteroatoms. The van der Waals surface area contributed by atoms with E-state index in [-0.39, 0.29) is 24.5 Å². The lowest BCUT2D eigenvalue weighted by molar-refractivity contribution is -0.139. The third-order valence-corrected chi connectivity index (χ3v) is 4.98. The van der Waals surface area contributed by atoms with Crippen LogP contribution < -0.4 is 10.1 Å². The summed E-state index contributed by atoms with van der Waals surface area (Å²) < 4.78 is 5.41. The molecule has 2 aliphatic carbocycles. The summed E-state index contributed by atoms with van der Waals surface area (Å²) in [6.07, 6.45) is 5.70. The average molecular weight is 358 g/mol. The zero-order valence-corrected chi connectivity index (χ0v) is 14.9. The highest BCUT2D eigenvalue weighted by Crippen LogP contribution is 2.33. The third kappa shape index (κ3) is 5.08. The predicted octanol–water partition coefficient (Wildman–Crippen LogP) is 2.31. The van der Waals surface area contributed by atoms with Gasteiger partial charge < -0.3 is 15.2 Å². The Balaban J connectivity index is 1.45. The first kappa shape index (κ1) is 18.5. The van der Waals surface area contributed by atoms with Crippen molar-refractivity contribution in [3.63, 3.8) is 0 Å². The topological polar surface area (TPSA) is 78.9 Å². The minimum atomic E-state index is -0.781. The lowest BCUT2D eigenvalue weighted by Gasteiger charge is -2.42. The molecule has 2 N–H and O–H groups in total. The van der Waals surface area contributed by atoms with Crippen molar-refractivity contribution < 1.29 is 19.4 Å². The predicted molar refractivity (Wildman–Crippen MR) is 98.3 cm³/mol. The number of hydrogen-bond acceptors (Lipinski definition) is 4. The number of amides is 1. The fourth-order valence-corrected chi connectivity index (χ4v) is 3.28. The van der Waals surface area contributed by atoms with Crippen LogP contribution in [0.4, 0.5) is 0 Å². The average Bonchev–Trinajstić information content (AvgIpc) is 3.39. The van der Waals surface area contributed by atoms with Gasteiger partial charge in [0, 0.05) is 24.2 Å². The number of aliphatic carboxylic acids is 1. The molecule has 0 unspecified atom stereocenters. The molecule has 26 heavy (non-hydrogen) atoms. The molecule has 2 fully saturated rings. The molecule has 2 saturated carbocycles. The van der Waals surface area contributed by atoms with Crippen molar-refractivity contribution in [2.75, 3.05) is 19.7 Å². The van der Waals surface area contributed by atoms with Gasteiger partial charge >= 0.3 is 5.97 Å². The van der Waals surface area contributed by atoms with Crippen molar-refractivity contribution in [3.8, 4) is 5.75 Å². The van der Waals surface area contributed by atoms with Crippen molar-refractivity contribution in [2.24, 2.45) is 5.92 Å². The molecule has 0 aromatic heterocycles. The number of carboxylic acids is 1. The molecule has 1 aromatic rings. The summed E-state index contributed by atoms with van der Waals surface area (Å²) in [7, 11) is 0. The van der Waals surface area contributed by atoms with Crippen LogP contribution in [0.1, 0.15) is 36.0 Å². The smallest absolute Gasteiger partial charge is 0.317 e. The van der Waals surface area contributed by atoms with Gasteiger partial charge in [0.05, 0.1) is 6.54 Å². The molecule has 0 bridgehead atoms. The summed E-state index contributed by atoms with van der Waals surface area (Å²) >= 11 is 0. The van der Waals surface area contributed by atoms with Gasteiger partial charge in [-0.2, -0.15) is 0 Å². The minimum Gasteiger partial charge on any atom is -0.490 e. The zero-order chi connectivity index (χ0) is 18.5. The Labute approximate surface area is 153 Å². The summed E-state index contributed by atoms with van der Waals surface area (Å²) in [5.74, 6) is 0.479. The highest BCUT2D eigenvalue weighted by atomic mass is 16.5. The second-order valence-electron chi connectivity index (χ2n) is 7.19. The number of ether oxygens (including phenoxy) is 1. The van der Waals surface area contributed by atoms with Gasteiger partial charge in [0.25, 0.3) is 5.91 Å². The van der Waals surface area contributed by atoms with Crippen LogP contribution >= 0.6 is 0 Å². The fourth-order valence-electron chi connectivity index (χ4n) is 3.28. The Morgan fingerprint density at radius 3 is 2.54 bits per heavy atom. The number of nitrogens with zero attached hydrogens (tertiary/aromatic N) is 1. The number of hydrogen-bond donors (Lipinski definition) is 2. The molecule has 1 aromatic carbocycles. The highest BCUT2D eigenvalue weighted by Gasteiger charge is 2.37. The first-order valence-electron chi connectivity index (χ1n) is 9.15. The normalized spacial score (nSPS) is 21.7. The van der Waals surface area contributed by atoms with Gasteiger partial charge in [0.1, 0.15) is 12.4 Å². The Morgan fingerprint density at radius 1 is 1.27 bits per heavy atom. The van der Waals surface area contributed by atoms with E-state index < -0.39 is 5.97 Å². The lowest BCUT2D eigenvalue weighted by atomic mass is 9.85. The van der Waals surface area contributed by atoms with Gasteiger partial charge in [0.15, 0.2) is 0 Å². The Hall–Kier alpha value is -2.34. The number of carboxylic acid groups (broad SMARTS) is 1. The molecule has 140 valence electrons. The van der Waals surface area contributed by atoms with Crippen LogP contribution in [0.5, 0.6) is 5.75 Å². The van der Waals surface area contributed by atoms with Crippen molar-refractivity contribution in [1.82, 2.24) is 10.2 Å². The zero-order valence-electron chi connectivity index (χ0n) is 14.9. The first-order chi connectivity index (χ1) is 12.5. The molecular formula is C20H26N2O4. The summed E-state index contributed by atoms with van der Waals surface area (Å²) in [6, 6.07) is 7.39. The number of carbonyl (C=O) groups is 2. The fraction of sp³-hybridized carbons (Fsp3) is 0.500. The summed E-state index contributed by atoms with van der Waals surface area (Å²) in [4.78, 5) is 25.5. The van der Waals surface area contributed by atoms with Crippen LogP contribution in [-0.2, 0) is 4.79 Å². The van der Waals surface area contributed by atoms with Gasteiger partial charge in [-0.3, -0.25) is 14.5 Å². The van der Waals surface area contributed by atoms with Crippen LogP contribution in [0.2, 0.25) is 0 Å². The second-order valence-corrected chi connectivity index (χ2v) is 7.19. The van der Waals surface area contributed by atoms with E-state index in [1.807, 2.05) is 0 Å². The molecule has 1 amide bonds. The highest BCUT2D eigenvalue weighted by molar-refractivity contribution is 5.94. The van der Waals surface area contributed by atoms with Crippen molar-refractivity contribution in [1.29, 1.82) is 0 Å². The second kappa shape index (κ2) is 8.36. The van der Waals surface area contributed by atoms with Crippen LogP contribution in [0.15, 0.2) is 36.9 Å². The molecule has 0 spiro atoms. The summed E-state index contributed by atoms with van der Waals surface area (Å²) in [5, 5.41) is 12.1. The van der Waals surface area contributed by atoms with E-state index in [0.29, 0.717) is 23.8 Å². The Bertz CT molecular complexity index is 648. The van der Waals surface area contributed by atoms with E-state index in [9.17, 15) is 9.59 Å². The number of rotatable bonds is 10. The number of carbonyl (C=O) groups excluding carboxylic acids is 1. The van der Waals surface area contributed by atoms with Crippen molar-refractivity contribution >= 4 is 11.9 Å². The van der Waals surface area contributed by atoms with Crippen molar-refractivity contribution in [2.45, 2.75) is 37.8 Å². The molecular weight excluding hydrogens is 332 g/mol. The number of nitrogens with one attached hydrogen (secondary N) is 1. The van der Waals surface area contributed by atoms with E-state index in [2.05, 4.69) is 16.8 Å². The van der Waals surface area contributed by atoms with Crippen LogP contribution in [0.25, 0.3) is 0 Å². The van der Waals surface area contributed by atoms with Crippen LogP contribution in [-0.4, -0.2) is 53.7 Å². The SMILES string of the molecule is C=CCOc1ccc(C(=O)NC2CC(N(CC(=O)O)CC3CC3)C2)cc1.